The second kappa shape index (κ2) is 9.14. The molecule has 3 aromatic rings. The van der Waals surface area contributed by atoms with Crippen LogP contribution in [0.2, 0.25) is 5.02 Å². The van der Waals surface area contributed by atoms with E-state index in [1.165, 1.54) is 17.8 Å². The van der Waals surface area contributed by atoms with Crippen LogP contribution in [0.25, 0.3) is 11.3 Å². The summed E-state index contributed by atoms with van der Waals surface area (Å²) < 4.78 is 50.1. The molecule has 1 aromatic heterocycles. The first-order chi connectivity index (χ1) is 14.6. The number of aryl methyl sites for hydroxylation is 2. The van der Waals surface area contributed by atoms with Crippen LogP contribution < -0.4 is 4.74 Å². The largest absolute Gasteiger partial charge is 0.493 e. The van der Waals surface area contributed by atoms with Gasteiger partial charge in [0.25, 0.3) is 0 Å². The molecule has 0 atom stereocenters. The second-order valence-electron chi connectivity index (χ2n) is 7.68. The molecule has 4 nitrogen and oxygen atoms in total. The van der Waals surface area contributed by atoms with Gasteiger partial charge < -0.3 is 4.74 Å². The summed E-state index contributed by atoms with van der Waals surface area (Å²) in [5.41, 5.74) is -0.177. The second-order valence-corrected chi connectivity index (χ2v) is 8.09. The summed E-state index contributed by atoms with van der Waals surface area (Å²) in [5, 5.41) is 4.07. The van der Waals surface area contributed by atoms with Gasteiger partial charge in [0.2, 0.25) is 0 Å². The molecule has 0 amide bonds. The number of hydrogen-bond acceptors (Lipinski definition) is 3. The third kappa shape index (κ3) is 4.77. The Bertz CT molecular complexity index is 1120. The Labute approximate surface area is 183 Å². The van der Waals surface area contributed by atoms with E-state index in [0.717, 1.165) is 30.7 Å². The number of carbonyl (C=O) groups excluding carboxylic acids is 1. The lowest BCUT2D eigenvalue weighted by Crippen LogP contribution is -2.08. The third-order valence-corrected chi connectivity index (χ3v) is 5.15. The minimum atomic E-state index is -0.887. The van der Waals surface area contributed by atoms with Crippen molar-refractivity contribution in [2.24, 2.45) is 13.0 Å². The van der Waals surface area contributed by atoms with E-state index in [1.807, 2.05) is 13.8 Å². The maximum atomic E-state index is 15.0. The molecular formula is C23H22ClF3N2O2. The Morgan fingerprint density at radius 2 is 1.81 bits per heavy atom. The quantitative estimate of drug-likeness (QED) is 0.407. The zero-order valence-electron chi connectivity index (χ0n) is 17.6. The summed E-state index contributed by atoms with van der Waals surface area (Å²) in [6.45, 7) is 5.91. The minimum absolute atomic E-state index is 0.00914. The lowest BCUT2D eigenvalue weighted by molar-refractivity contribution is 0.103. The van der Waals surface area contributed by atoms with E-state index in [9.17, 15) is 9.18 Å². The highest BCUT2D eigenvalue weighted by molar-refractivity contribution is 6.35. The van der Waals surface area contributed by atoms with Crippen molar-refractivity contribution < 1.29 is 22.7 Å². The Balaban J connectivity index is 2.07. The van der Waals surface area contributed by atoms with E-state index < -0.39 is 28.8 Å². The lowest BCUT2D eigenvalue weighted by Gasteiger charge is -2.13. The molecule has 31 heavy (non-hydrogen) atoms. The SMILES string of the molecule is Cc1nn(C)c(-c2c(F)cc(OCCC(C)C)cc2F)c1C(=O)c1ccc(F)cc1Cl. The normalized spacial score (nSPS) is 11.3. The van der Waals surface area contributed by atoms with E-state index in [1.54, 1.807) is 6.92 Å². The molecule has 0 saturated carbocycles. The van der Waals surface area contributed by atoms with Crippen molar-refractivity contribution in [3.05, 3.63) is 69.6 Å². The molecule has 0 radical (unpaired) electrons. The van der Waals surface area contributed by atoms with Crippen molar-refractivity contribution >= 4 is 17.4 Å². The predicted molar refractivity (Wildman–Crippen MR) is 113 cm³/mol. The van der Waals surface area contributed by atoms with E-state index >= 15 is 8.78 Å². The number of aromatic nitrogens is 2. The molecule has 0 unspecified atom stereocenters. The number of ketones is 1. The van der Waals surface area contributed by atoms with Gasteiger partial charge in [-0.2, -0.15) is 5.10 Å². The highest BCUT2D eigenvalue weighted by Gasteiger charge is 2.28. The molecule has 0 spiro atoms. The first kappa shape index (κ1) is 22.9. The fourth-order valence-electron chi connectivity index (χ4n) is 3.30. The smallest absolute Gasteiger partial charge is 0.198 e. The Morgan fingerprint density at radius 3 is 2.39 bits per heavy atom. The number of nitrogens with zero attached hydrogens (tertiary/aromatic N) is 2. The van der Waals surface area contributed by atoms with Gasteiger partial charge in [-0.25, -0.2) is 13.2 Å². The van der Waals surface area contributed by atoms with Crippen LogP contribution in [-0.4, -0.2) is 22.2 Å². The molecule has 0 aliphatic rings. The molecule has 3 rings (SSSR count). The van der Waals surface area contributed by atoms with Crippen molar-refractivity contribution in [2.45, 2.75) is 27.2 Å². The minimum Gasteiger partial charge on any atom is -0.493 e. The van der Waals surface area contributed by atoms with Gasteiger partial charge in [-0.05, 0) is 37.5 Å². The molecule has 0 N–H and O–H groups in total. The number of hydrogen-bond donors (Lipinski definition) is 0. The van der Waals surface area contributed by atoms with Crippen LogP contribution in [0.15, 0.2) is 30.3 Å². The van der Waals surface area contributed by atoms with Crippen LogP contribution in [0.1, 0.15) is 41.9 Å². The summed E-state index contributed by atoms with van der Waals surface area (Å²) in [6.07, 6.45) is 0.739. The molecule has 2 aromatic carbocycles. The van der Waals surface area contributed by atoms with Gasteiger partial charge in [0.1, 0.15) is 23.2 Å². The molecule has 0 bridgehead atoms. The summed E-state index contributed by atoms with van der Waals surface area (Å²) in [7, 11) is 1.48. The standard InChI is InChI=1S/C23H22ClF3N2O2/c1-12(2)7-8-31-15-10-18(26)21(19(27)11-15)22-20(13(3)28-29(22)4)23(30)16-6-5-14(25)9-17(16)24/h5-6,9-12H,7-8H2,1-4H3. The van der Waals surface area contributed by atoms with E-state index in [0.29, 0.717) is 12.5 Å². The van der Waals surface area contributed by atoms with E-state index in [4.69, 9.17) is 16.3 Å². The zero-order valence-corrected chi connectivity index (χ0v) is 18.4. The average molecular weight is 451 g/mol. The molecule has 164 valence electrons. The summed E-state index contributed by atoms with van der Waals surface area (Å²) in [6, 6.07) is 5.49. The van der Waals surface area contributed by atoms with Crippen molar-refractivity contribution in [3.8, 4) is 17.0 Å². The number of halogens is 4. The number of benzene rings is 2. The summed E-state index contributed by atoms with van der Waals surface area (Å²) in [5.74, 6) is -2.54. The highest BCUT2D eigenvalue weighted by atomic mass is 35.5. The summed E-state index contributed by atoms with van der Waals surface area (Å²) >= 11 is 6.03. The lowest BCUT2D eigenvalue weighted by atomic mass is 9.97. The Morgan fingerprint density at radius 1 is 1.16 bits per heavy atom. The monoisotopic (exact) mass is 450 g/mol. The van der Waals surface area contributed by atoms with Crippen molar-refractivity contribution in [1.29, 1.82) is 0 Å². The molecule has 0 aliphatic carbocycles. The first-order valence-electron chi connectivity index (χ1n) is 9.75. The first-order valence-corrected chi connectivity index (χ1v) is 10.1. The van der Waals surface area contributed by atoms with Crippen molar-refractivity contribution in [1.82, 2.24) is 9.78 Å². The van der Waals surface area contributed by atoms with Gasteiger partial charge in [0.15, 0.2) is 5.78 Å². The Kier molecular flexibility index (Phi) is 6.74. The molecular weight excluding hydrogens is 429 g/mol. The van der Waals surface area contributed by atoms with Crippen LogP contribution in [0.3, 0.4) is 0 Å². The maximum Gasteiger partial charge on any atom is 0.198 e. The van der Waals surface area contributed by atoms with Gasteiger partial charge in [0.05, 0.1) is 34.1 Å². The summed E-state index contributed by atoms with van der Waals surface area (Å²) in [4.78, 5) is 13.2. The Hall–Kier alpha value is -2.80. The van der Waals surface area contributed by atoms with Gasteiger partial charge in [-0.15, -0.1) is 0 Å². The van der Waals surface area contributed by atoms with Gasteiger partial charge in [-0.3, -0.25) is 9.48 Å². The highest BCUT2D eigenvalue weighted by Crippen LogP contribution is 2.35. The molecule has 1 heterocycles. The molecule has 0 aliphatic heterocycles. The van der Waals surface area contributed by atoms with Crippen LogP contribution in [0.5, 0.6) is 5.75 Å². The van der Waals surface area contributed by atoms with Crippen LogP contribution >= 0.6 is 11.6 Å². The van der Waals surface area contributed by atoms with Crippen LogP contribution in [0.4, 0.5) is 13.2 Å². The van der Waals surface area contributed by atoms with Gasteiger partial charge in [-0.1, -0.05) is 25.4 Å². The fraction of sp³-hybridized carbons (Fsp3) is 0.304. The third-order valence-electron chi connectivity index (χ3n) is 4.84. The van der Waals surface area contributed by atoms with E-state index in [-0.39, 0.29) is 33.3 Å². The van der Waals surface area contributed by atoms with E-state index in [2.05, 4.69) is 5.10 Å². The molecule has 0 fully saturated rings. The van der Waals surface area contributed by atoms with Crippen molar-refractivity contribution in [2.75, 3.05) is 6.61 Å². The zero-order chi connectivity index (χ0) is 22.9. The maximum absolute atomic E-state index is 15.0. The molecule has 8 heteroatoms. The van der Waals surface area contributed by atoms with Crippen molar-refractivity contribution in [3.63, 3.8) is 0 Å². The van der Waals surface area contributed by atoms with Gasteiger partial charge >= 0.3 is 0 Å². The predicted octanol–water partition coefficient (Wildman–Crippen LogP) is 6.12. The topological polar surface area (TPSA) is 44.1 Å². The number of ether oxygens (including phenoxy) is 1. The number of carbonyl (C=O) groups is 1. The van der Waals surface area contributed by atoms with Crippen LogP contribution in [-0.2, 0) is 7.05 Å². The average Bonchev–Trinajstić information content (AvgIpc) is 2.94. The van der Waals surface area contributed by atoms with Gasteiger partial charge in [0, 0.05) is 24.7 Å². The van der Waals surface area contributed by atoms with Crippen LogP contribution in [0, 0.1) is 30.3 Å². The molecule has 0 saturated heterocycles. The fourth-order valence-corrected chi connectivity index (χ4v) is 3.55. The number of rotatable bonds is 7.